The Morgan fingerprint density at radius 2 is 1.86 bits per heavy atom. The van der Waals surface area contributed by atoms with Crippen molar-refractivity contribution < 1.29 is 9.90 Å². The highest BCUT2D eigenvalue weighted by atomic mass is 16.4. The number of carboxylic acid groups (broad SMARTS) is 1. The van der Waals surface area contributed by atoms with Crippen LogP contribution in [0.4, 0.5) is 11.4 Å². The molecule has 0 amide bonds. The SMILES string of the molecule is CC1=c2c(cc3c(c2C)-c2ccccc2N=3)N=C1C(=O)O. The van der Waals surface area contributed by atoms with Crippen LogP contribution >= 0.6 is 0 Å². The summed E-state index contributed by atoms with van der Waals surface area (Å²) >= 11 is 0. The number of nitrogens with zero attached hydrogens (tertiary/aromatic N) is 2. The molecule has 2 aliphatic heterocycles. The summed E-state index contributed by atoms with van der Waals surface area (Å²) in [7, 11) is 0. The molecule has 2 heterocycles. The van der Waals surface area contributed by atoms with Crippen LogP contribution in [0.2, 0.25) is 0 Å². The Kier molecular flexibility index (Phi) is 2.22. The van der Waals surface area contributed by atoms with Gasteiger partial charge in [0.05, 0.1) is 16.7 Å². The molecule has 0 saturated heterocycles. The first kappa shape index (κ1) is 12.0. The van der Waals surface area contributed by atoms with E-state index in [1.165, 1.54) is 0 Å². The Balaban J connectivity index is 2.12. The molecule has 4 rings (SSSR count). The lowest BCUT2D eigenvalue weighted by Gasteiger charge is -2.05. The molecule has 0 aromatic heterocycles. The topological polar surface area (TPSA) is 62.0 Å². The first-order chi connectivity index (χ1) is 10.1. The molecule has 1 N–H and O–H groups in total. The van der Waals surface area contributed by atoms with Crippen molar-refractivity contribution in [2.45, 2.75) is 13.8 Å². The predicted molar refractivity (Wildman–Crippen MR) is 80.9 cm³/mol. The smallest absolute Gasteiger partial charge is 0.354 e. The summed E-state index contributed by atoms with van der Waals surface area (Å²) in [4.78, 5) is 20.1. The molecule has 0 aliphatic carbocycles. The van der Waals surface area contributed by atoms with Gasteiger partial charge in [-0.05, 0) is 37.1 Å². The van der Waals surface area contributed by atoms with Gasteiger partial charge in [-0.15, -0.1) is 0 Å². The van der Waals surface area contributed by atoms with Crippen LogP contribution in [0, 0.1) is 6.92 Å². The van der Waals surface area contributed by atoms with E-state index >= 15 is 0 Å². The molecule has 0 unspecified atom stereocenters. The van der Waals surface area contributed by atoms with Gasteiger partial charge < -0.3 is 5.11 Å². The quantitative estimate of drug-likeness (QED) is 0.741. The van der Waals surface area contributed by atoms with Crippen molar-refractivity contribution in [2.24, 2.45) is 9.98 Å². The van der Waals surface area contributed by atoms with E-state index in [1.807, 2.05) is 44.2 Å². The zero-order valence-corrected chi connectivity index (χ0v) is 11.6. The van der Waals surface area contributed by atoms with Crippen LogP contribution in [-0.2, 0) is 4.79 Å². The molecular weight excluding hydrogens is 264 g/mol. The zero-order valence-electron chi connectivity index (χ0n) is 11.6. The fourth-order valence-electron chi connectivity index (χ4n) is 3.22. The number of carbonyl (C=O) groups is 1. The largest absolute Gasteiger partial charge is 0.477 e. The predicted octanol–water partition coefficient (Wildman–Crippen LogP) is 2.27. The Morgan fingerprint density at radius 3 is 2.62 bits per heavy atom. The van der Waals surface area contributed by atoms with Crippen LogP contribution in [0.15, 0.2) is 40.3 Å². The van der Waals surface area contributed by atoms with Crippen LogP contribution in [0.3, 0.4) is 0 Å². The van der Waals surface area contributed by atoms with Gasteiger partial charge in [-0.2, -0.15) is 0 Å². The summed E-state index contributed by atoms with van der Waals surface area (Å²) in [5.41, 5.74) is 5.76. The lowest BCUT2D eigenvalue weighted by atomic mass is 9.96. The second kappa shape index (κ2) is 3.88. The summed E-state index contributed by atoms with van der Waals surface area (Å²) in [6, 6.07) is 9.88. The Labute approximate surface area is 120 Å². The first-order valence-corrected chi connectivity index (χ1v) is 6.73. The van der Waals surface area contributed by atoms with E-state index in [0.717, 1.165) is 38.5 Å². The second-order valence-electron chi connectivity index (χ2n) is 5.31. The number of para-hydroxylation sites is 1. The van der Waals surface area contributed by atoms with Gasteiger partial charge in [0.2, 0.25) is 0 Å². The first-order valence-electron chi connectivity index (χ1n) is 6.73. The fraction of sp³-hybridized carbons (Fsp3) is 0.118. The molecule has 0 radical (unpaired) electrons. The summed E-state index contributed by atoms with van der Waals surface area (Å²) in [6.45, 7) is 3.83. The Bertz CT molecular complexity index is 985. The van der Waals surface area contributed by atoms with Gasteiger partial charge in [0, 0.05) is 16.3 Å². The van der Waals surface area contributed by atoms with Crippen LogP contribution in [0.25, 0.3) is 16.7 Å². The van der Waals surface area contributed by atoms with E-state index in [9.17, 15) is 9.90 Å². The monoisotopic (exact) mass is 276 g/mol. The molecule has 0 atom stereocenters. The third-order valence-electron chi connectivity index (χ3n) is 4.12. The van der Waals surface area contributed by atoms with E-state index in [1.54, 1.807) is 0 Å². The number of carboxylic acids is 1. The molecule has 102 valence electrons. The van der Waals surface area contributed by atoms with E-state index in [4.69, 9.17) is 0 Å². The van der Waals surface area contributed by atoms with Gasteiger partial charge >= 0.3 is 5.97 Å². The lowest BCUT2D eigenvalue weighted by molar-refractivity contribution is -0.129. The number of fused-ring (bicyclic) bond motifs is 4. The molecule has 2 aliphatic rings. The number of hydrogen-bond acceptors (Lipinski definition) is 3. The molecule has 2 aromatic rings. The standard InChI is InChI=1S/C17H12N2O2/c1-8-14-9(2)16(17(20)21)19-12(14)7-13-15(8)10-5-3-4-6-11(10)18-13/h3-7H,1-2H3,(H,20,21). The normalized spacial score (nSPS) is 14.2. The average Bonchev–Trinajstić information content (AvgIpc) is 2.97. The van der Waals surface area contributed by atoms with Crippen molar-refractivity contribution in [1.82, 2.24) is 0 Å². The van der Waals surface area contributed by atoms with Crippen molar-refractivity contribution in [3.63, 3.8) is 0 Å². The fourth-order valence-corrected chi connectivity index (χ4v) is 3.22. The molecule has 2 aromatic carbocycles. The molecule has 4 heteroatoms. The lowest BCUT2D eigenvalue weighted by Crippen LogP contribution is -2.19. The highest BCUT2D eigenvalue weighted by Gasteiger charge is 2.25. The average molecular weight is 276 g/mol. The maximum Gasteiger partial charge on any atom is 0.354 e. The number of rotatable bonds is 1. The van der Waals surface area contributed by atoms with Crippen molar-refractivity contribution in [1.29, 1.82) is 0 Å². The van der Waals surface area contributed by atoms with Crippen molar-refractivity contribution in [2.75, 3.05) is 0 Å². The van der Waals surface area contributed by atoms with Crippen molar-refractivity contribution in [3.8, 4) is 11.1 Å². The number of hydrogen-bond donors (Lipinski definition) is 1. The highest BCUT2D eigenvalue weighted by molar-refractivity contribution is 6.52. The second-order valence-corrected chi connectivity index (χ2v) is 5.31. The van der Waals surface area contributed by atoms with Crippen LogP contribution in [-0.4, -0.2) is 16.8 Å². The van der Waals surface area contributed by atoms with Gasteiger partial charge in [0.15, 0.2) is 5.71 Å². The maximum atomic E-state index is 11.3. The molecule has 0 bridgehead atoms. The zero-order chi connectivity index (χ0) is 14.7. The number of aliphatic imine (C=N–C) groups is 1. The van der Waals surface area contributed by atoms with Gasteiger partial charge in [0.25, 0.3) is 0 Å². The van der Waals surface area contributed by atoms with E-state index < -0.39 is 5.97 Å². The van der Waals surface area contributed by atoms with E-state index in [2.05, 4.69) is 9.98 Å². The Hall–Kier alpha value is -2.75. The molecule has 0 spiro atoms. The van der Waals surface area contributed by atoms with Gasteiger partial charge in [0.1, 0.15) is 0 Å². The highest BCUT2D eigenvalue weighted by Crippen LogP contribution is 2.34. The van der Waals surface area contributed by atoms with E-state index in [0.29, 0.717) is 5.69 Å². The van der Waals surface area contributed by atoms with Gasteiger partial charge in [-0.1, -0.05) is 18.2 Å². The van der Waals surface area contributed by atoms with Gasteiger partial charge in [-0.3, -0.25) is 0 Å². The van der Waals surface area contributed by atoms with Crippen LogP contribution < -0.4 is 10.6 Å². The Morgan fingerprint density at radius 1 is 1.10 bits per heavy atom. The van der Waals surface area contributed by atoms with Crippen LogP contribution in [0.5, 0.6) is 0 Å². The minimum atomic E-state index is -0.986. The molecule has 4 nitrogen and oxygen atoms in total. The summed E-state index contributed by atoms with van der Waals surface area (Å²) in [5, 5.41) is 11.0. The summed E-state index contributed by atoms with van der Waals surface area (Å²) in [5.74, 6) is -0.986. The summed E-state index contributed by atoms with van der Waals surface area (Å²) < 4.78 is 0. The molecule has 0 fully saturated rings. The molecule has 0 saturated carbocycles. The minimum absolute atomic E-state index is 0.130. The van der Waals surface area contributed by atoms with E-state index in [-0.39, 0.29) is 5.71 Å². The van der Waals surface area contributed by atoms with Crippen LogP contribution in [0.1, 0.15) is 12.5 Å². The van der Waals surface area contributed by atoms with Gasteiger partial charge in [-0.25, -0.2) is 14.8 Å². The van der Waals surface area contributed by atoms with Crippen molar-refractivity contribution >= 4 is 28.6 Å². The summed E-state index contributed by atoms with van der Waals surface area (Å²) in [6.07, 6.45) is 0. The minimum Gasteiger partial charge on any atom is -0.477 e. The van der Waals surface area contributed by atoms with Crippen molar-refractivity contribution in [3.05, 3.63) is 46.5 Å². The number of benzene rings is 2. The number of aliphatic carboxylic acids is 1. The molecular formula is C17H12N2O2. The molecule has 21 heavy (non-hydrogen) atoms. The maximum absolute atomic E-state index is 11.3. The third-order valence-corrected chi connectivity index (χ3v) is 4.12. The third kappa shape index (κ3) is 1.47.